The van der Waals surface area contributed by atoms with Gasteiger partial charge in [-0.2, -0.15) is 0 Å². The number of ether oxygens (including phenoxy) is 1. The molecule has 1 fully saturated rings. The maximum atomic E-state index is 9.75. The van der Waals surface area contributed by atoms with E-state index in [0.717, 1.165) is 28.8 Å². The molecule has 1 saturated heterocycles. The van der Waals surface area contributed by atoms with Gasteiger partial charge in [0.25, 0.3) is 0 Å². The van der Waals surface area contributed by atoms with E-state index in [1.54, 1.807) is 6.07 Å². The summed E-state index contributed by atoms with van der Waals surface area (Å²) in [5.41, 5.74) is 3.46. The highest BCUT2D eigenvalue weighted by molar-refractivity contribution is 9.10. The normalized spacial score (nSPS) is 26.8. The quantitative estimate of drug-likeness (QED) is 0.804. The summed E-state index contributed by atoms with van der Waals surface area (Å²) in [5, 5.41) is 13.4. The Bertz CT molecular complexity index is 688. The van der Waals surface area contributed by atoms with Crippen molar-refractivity contribution in [3.05, 3.63) is 58.1 Å². The number of aromatic hydroxyl groups is 1. The van der Waals surface area contributed by atoms with E-state index < -0.39 is 0 Å². The highest BCUT2D eigenvalue weighted by Crippen LogP contribution is 2.50. The minimum Gasteiger partial charge on any atom is -0.508 e. The van der Waals surface area contributed by atoms with Crippen LogP contribution in [-0.4, -0.2) is 11.7 Å². The number of rotatable bonds is 1. The minimum atomic E-state index is 0.131. The Labute approximate surface area is 132 Å². The van der Waals surface area contributed by atoms with Gasteiger partial charge in [-0.05, 0) is 42.3 Å². The number of hydrogen-bond donors (Lipinski definition) is 2. The Morgan fingerprint density at radius 1 is 1.19 bits per heavy atom. The van der Waals surface area contributed by atoms with Crippen LogP contribution < -0.4 is 5.32 Å². The second-order valence-corrected chi connectivity index (χ2v) is 6.61. The summed E-state index contributed by atoms with van der Waals surface area (Å²) < 4.78 is 7.07. The lowest BCUT2D eigenvalue weighted by molar-refractivity contribution is 0.0828. The third-order valence-corrected chi connectivity index (χ3v) is 4.92. The molecule has 2 heterocycles. The van der Waals surface area contributed by atoms with Crippen LogP contribution in [0.15, 0.2) is 46.9 Å². The summed E-state index contributed by atoms with van der Waals surface area (Å²) in [7, 11) is 0. The standard InChI is InChI=1S/C17H16BrNO2/c18-11-4-5-15-14(9-11)17-13(6-7-21-17)16(19-15)10-2-1-3-12(20)8-10/h1-5,8-9,13,16-17,19-20H,6-7H2/t13-,16+,17-/m0/s1. The summed E-state index contributed by atoms with van der Waals surface area (Å²) in [5.74, 6) is 0.708. The van der Waals surface area contributed by atoms with Gasteiger partial charge < -0.3 is 15.2 Å². The van der Waals surface area contributed by atoms with Crippen molar-refractivity contribution >= 4 is 21.6 Å². The van der Waals surface area contributed by atoms with Crippen LogP contribution in [0.1, 0.15) is 29.7 Å². The molecule has 0 radical (unpaired) electrons. The maximum absolute atomic E-state index is 9.75. The van der Waals surface area contributed by atoms with E-state index in [1.807, 2.05) is 18.2 Å². The monoisotopic (exact) mass is 345 g/mol. The molecule has 0 unspecified atom stereocenters. The van der Waals surface area contributed by atoms with Crippen LogP contribution in [0.5, 0.6) is 5.75 Å². The molecule has 3 nitrogen and oxygen atoms in total. The Morgan fingerprint density at radius 3 is 2.95 bits per heavy atom. The van der Waals surface area contributed by atoms with Gasteiger partial charge >= 0.3 is 0 Å². The number of phenols is 1. The average molecular weight is 346 g/mol. The summed E-state index contributed by atoms with van der Waals surface area (Å²) >= 11 is 3.54. The molecule has 4 rings (SSSR count). The van der Waals surface area contributed by atoms with E-state index in [0.29, 0.717) is 11.7 Å². The highest BCUT2D eigenvalue weighted by atomic mass is 79.9. The first kappa shape index (κ1) is 13.2. The van der Waals surface area contributed by atoms with E-state index in [-0.39, 0.29) is 12.1 Å². The molecule has 0 spiro atoms. The number of phenolic OH excluding ortho intramolecular Hbond substituents is 1. The molecule has 3 atom stereocenters. The molecule has 2 aliphatic heterocycles. The van der Waals surface area contributed by atoms with Crippen molar-refractivity contribution in [2.24, 2.45) is 5.92 Å². The predicted molar refractivity (Wildman–Crippen MR) is 85.4 cm³/mol. The van der Waals surface area contributed by atoms with Gasteiger partial charge in [0.1, 0.15) is 5.75 Å². The van der Waals surface area contributed by atoms with Crippen molar-refractivity contribution < 1.29 is 9.84 Å². The van der Waals surface area contributed by atoms with Crippen molar-refractivity contribution in [3.63, 3.8) is 0 Å². The number of nitrogens with one attached hydrogen (secondary N) is 1. The van der Waals surface area contributed by atoms with Crippen LogP contribution in [0.25, 0.3) is 0 Å². The fourth-order valence-corrected chi connectivity index (χ4v) is 3.87. The molecule has 0 bridgehead atoms. The maximum Gasteiger partial charge on any atom is 0.115 e. The summed E-state index contributed by atoms with van der Waals surface area (Å²) in [4.78, 5) is 0. The molecule has 2 aromatic carbocycles. The van der Waals surface area contributed by atoms with Gasteiger partial charge in [0, 0.05) is 28.2 Å². The van der Waals surface area contributed by atoms with Gasteiger partial charge in [0.05, 0.1) is 12.1 Å². The van der Waals surface area contributed by atoms with Crippen LogP contribution >= 0.6 is 15.9 Å². The van der Waals surface area contributed by atoms with Gasteiger partial charge in [0.15, 0.2) is 0 Å². The first-order chi connectivity index (χ1) is 10.2. The van der Waals surface area contributed by atoms with Crippen LogP contribution in [0.2, 0.25) is 0 Å². The van der Waals surface area contributed by atoms with Crippen molar-refractivity contribution in [3.8, 4) is 5.75 Å². The molecular formula is C17H16BrNO2. The molecule has 4 heteroatoms. The van der Waals surface area contributed by atoms with E-state index >= 15 is 0 Å². The second kappa shape index (κ2) is 5.04. The van der Waals surface area contributed by atoms with E-state index in [4.69, 9.17) is 4.74 Å². The molecule has 2 aromatic rings. The Morgan fingerprint density at radius 2 is 2.10 bits per heavy atom. The van der Waals surface area contributed by atoms with Crippen molar-refractivity contribution in [1.29, 1.82) is 0 Å². The molecule has 21 heavy (non-hydrogen) atoms. The number of anilines is 1. The Kier molecular flexibility index (Phi) is 3.16. The van der Waals surface area contributed by atoms with Crippen molar-refractivity contribution in [2.75, 3.05) is 11.9 Å². The molecule has 2 N–H and O–H groups in total. The first-order valence-electron chi connectivity index (χ1n) is 7.19. The molecule has 0 amide bonds. The van der Waals surface area contributed by atoms with Gasteiger partial charge in [-0.25, -0.2) is 0 Å². The minimum absolute atomic E-state index is 0.131. The van der Waals surface area contributed by atoms with Crippen LogP contribution in [-0.2, 0) is 4.74 Å². The summed E-state index contributed by atoms with van der Waals surface area (Å²) in [6.45, 7) is 0.790. The summed E-state index contributed by atoms with van der Waals surface area (Å²) in [6.07, 6.45) is 1.16. The van der Waals surface area contributed by atoms with Crippen molar-refractivity contribution in [1.82, 2.24) is 0 Å². The molecule has 0 aromatic heterocycles. The van der Waals surface area contributed by atoms with Gasteiger partial charge in [-0.15, -0.1) is 0 Å². The highest BCUT2D eigenvalue weighted by Gasteiger charge is 2.41. The van der Waals surface area contributed by atoms with Crippen molar-refractivity contribution in [2.45, 2.75) is 18.6 Å². The molecule has 0 aliphatic carbocycles. The zero-order chi connectivity index (χ0) is 14.4. The SMILES string of the molecule is Oc1cccc([C@H]2Nc3ccc(Br)cc3[C@H]3OCC[C@@H]23)c1. The van der Waals surface area contributed by atoms with E-state index in [1.165, 1.54) is 5.56 Å². The lowest BCUT2D eigenvalue weighted by Gasteiger charge is -2.36. The number of fused-ring (bicyclic) bond motifs is 3. The predicted octanol–water partition coefficient (Wildman–Crippen LogP) is 4.40. The lowest BCUT2D eigenvalue weighted by Crippen LogP contribution is -2.29. The number of halogens is 1. The zero-order valence-electron chi connectivity index (χ0n) is 11.4. The number of benzene rings is 2. The van der Waals surface area contributed by atoms with Crippen LogP contribution in [0.4, 0.5) is 5.69 Å². The van der Waals surface area contributed by atoms with Gasteiger partial charge in [-0.1, -0.05) is 28.1 Å². The van der Waals surface area contributed by atoms with Crippen LogP contribution in [0.3, 0.4) is 0 Å². The molecule has 108 valence electrons. The Balaban J connectivity index is 1.79. The van der Waals surface area contributed by atoms with E-state index in [2.05, 4.69) is 39.4 Å². The lowest BCUT2D eigenvalue weighted by atomic mass is 9.81. The third kappa shape index (κ3) is 2.23. The fraction of sp³-hybridized carbons (Fsp3) is 0.294. The molecular weight excluding hydrogens is 330 g/mol. The first-order valence-corrected chi connectivity index (χ1v) is 7.98. The molecule has 0 saturated carbocycles. The fourth-order valence-electron chi connectivity index (χ4n) is 3.49. The zero-order valence-corrected chi connectivity index (χ0v) is 13.0. The number of hydrogen-bond acceptors (Lipinski definition) is 3. The largest absolute Gasteiger partial charge is 0.508 e. The average Bonchev–Trinajstić information content (AvgIpc) is 2.96. The third-order valence-electron chi connectivity index (χ3n) is 4.43. The topological polar surface area (TPSA) is 41.5 Å². The molecule has 2 aliphatic rings. The Hall–Kier alpha value is -1.52. The second-order valence-electron chi connectivity index (χ2n) is 5.69. The summed E-state index contributed by atoms with van der Waals surface area (Å²) in [6, 6.07) is 14.0. The van der Waals surface area contributed by atoms with Gasteiger partial charge in [0.2, 0.25) is 0 Å². The van der Waals surface area contributed by atoms with E-state index in [9.17, 15) is 5.11 Å². The smallest absolute Gasteiger partial charge is 0.115 e. The van der Waals surface area contributed by atoms with Gasteiger partial charge in [-0.3, -0.25) is 0 Å². The van der Waals surface area contributed by atoms with Crippen LogP contribution in [0, 0.1) is 5.92 Å².